The van der Waals surface area contributed by atoms with Crippen LogP contribution in [0.25, 0.3) is 0 Å². The SMILES string of the molecule is CC(Cl)OC(=O)OC1CC(O[N+](=O)[O-])C(O[N+](=O)[O-])C1. The molecular weight excluding hydrogens is 304 g/mol. The lowest BCUT2D eigenvalue weighted by atomic mass is 10.3. The maximum absolute atomic E-state index is 11.2. The number of carbonyl (C=O) groups excluding carboxylic acids is 1. The van der Waals surface area contributed by atoms with Gasteiger partial charge in [0.15, 0.2) is 5.56 Å². The van der Waals surface area contributed by atoms with Gasteiger partial charge in [0, 0.05) is 12.8 Å². The van der Waals surface area contributed by atoms with Gasteiger partial charge in [-0.15, -0.1) is 20.2 Å². The number of hydrogen-bond acceptors (Lipinski definition) is 9. The first kappa shape index (κ1) is 16.0. The Bertz CT molecular complexity index is 366. The number of nitrogens with zero attached hydrogens (tertiary/aromatic N) is 2. The van der Waals surface area contributed by atoms with Crippen molar-refractivity contribution in [3.63, 3.8) is 0 Å². The molecule has 0 aliphatic heterocycles. The second-order valence-corrected chi connectivity index (χ2v) is 4.47. The molecule has 3 atom stereocenters. The first-order chi connectivity index (χ1) is 9.27. The summed E-state index contributed by atoms with van der Waals surface area (Å²) in [6.45, 7) is 1.38. The standard InChI is InChI=1S/C8H11ClN2O9/c1-4(9)17-8(12)18-5-2-6(19-10(13)14)7(3-5)20-11(15)16/h4-7H,2-3H2,1H3. The molecule has 0 heterocycles. The molecule has 1 fully saturated rings. The van der Waals surface area contributed by atoms with Gasteiger partial charge in [-0.25, -0.2) is 4.79 Å². The average Bonchev–Trinajstić information content (AvgIpc) is 2.56. The lowest BCUT2D eigenvalue weighted by Crippen LogP contribution is -2.30. The van der Waals surface area contributed by atoms with Gasteiger partial charge in [-0.1, -0.05) is 11.6 Å². The molecule has 11 nitrogen and oxygen atoms in total. The Kier molecular flexibility index (Phi) is 5.55. The minimum atomic E-state index is -1.21. The molecule has 20 heavy (non-hydrogen) atoms. The van der Waals surface area contributed by atoms with Crippen molar-refractivity contribution in [2.75, 3.05) is 0 Å². The molecule has 0 aromatic rings. The molecule has 0 saturated heterocycles. The highest BCUT2D eigenvalue weighted by atomic mass is 35.5. The lowest BCUT2D eigenvalue weighted by molar-refractivity contribution is -0.797. The van der Waals surface area contributed by atoms with Gasteiger partial charge in [-0.2, -0.15) is 0 Å². The fourth-order valence-corrected chi connectivity index (χ4v) is 1.83. The highest BCUT2D eigenvalue weighted by Crippen LogP contribution is 2.28. The van der Waals surface area contributed by atoms with Crippen molar-refractivity contribution in [3.05, 3.63) is 20.2 Å². The number of rotatable bonds is 6. The van der Waals surface area contributed by atoms with E-state index in [0.29, 0.717) is 0 Å². The van der Waals surface area contributed by atoms with E-state index in [-0.39, 0.29) is 12.8 Å². The predicted octanol–water partition coefficient (Wildman–Crippen LogP) is 1.04. The van der Waals surface area contributed by atoms with Crippen molar-refractivity contribution in [2.45, 2.75) is 43.6 Å². The average molecular weight is 315 g/mol. The first-order valence-corrected chi connectivity index (χ1v) is 5.85. The topological polar surface area (TPSA) is 140 Å². The normalized spacial score (nSPS) is 26.4. The summed E-state index contributed by atoms with van der Waals surface area (Å²) in [5.74, 6) is 0. The molecule has 0 radical (unpaired) electrons. The van der Waals surface area contributed by atoms with Crippen LogP contribution in [0.3, 0.4) is 0 Å². The van der Waals surface area contributed by atoms with Gasteiger partial charge in [0.1, 0.15) is 18.3 Å². The molecule has 0 N–H and O–H groups in total. The first-order valence-electron chi connectivity index (χ1n) is 5.41. The smallest absolute Gasteiger partial charge is 0.431 e. The molecule has 3 unspecified atom stereocenters. The van der Waals surface area contributed by atoms with E-state index < -0.39 is 40.2 Å². The minimum absolute atomic E-state index is 0.134. The third kappa shape index (κ3) is 5.30. The van der Waals surface area contributed by atoms with Crippen molar-refractivity contribution in [1.29, 1.82) is 0 Å². The molecular formula is C8H11ClN2O9. The van der Waals surface area contributed by atoms with Crippen molar-refractivity contribution >= 4 is 17.8 Å². The molecule has 114 valence electrons. The van der Waals surface area contributed by atoms with Gasteiger partial charge in [-0.05, 0) is 6.92 Å². The van der Waals surface area contributed by atoms with Crippen LogP contribution in [0, 0.1) is 20.2 Å². The summed E-state index contributed by atoms with van der Waals surface area (Å²) >= 11 is 5.40. The van der Waals surface area contributed by atoms with E-state index in [4.69, 9.17) is 16.3 Å². The van der Waals surface area contributed by atoms with E-state index in [1.54, 1.807) is 0 Å². The van der Waals surface area contributed by atoms with Crippen LogP contribution in [-0.4, -0.2) is 40.2 Å². The zero-order valence-electron chi connectivity index (χ0n) is 10.2. The van der Waals surface area contributed by atoms with E-state index in [2.05, 4.69) is 14.4 Å². The van der Waals surface area contributed by atoms with E-state index >= 15 is 0 Å². The summed E-state index contributed by atoms with van der Waals surface area (Å²) in [5, 5.41) is 18.3. The number of alkyl halides is 1. The van der Waals surface area contributed by atoms with Gasteiger partial charge in [0.2, 0.25) is 0 Å². The highest BCUT2D eigenvalue weighted by Gasteiger charge is 2.41. The van der Waals surface area contributed by atoms with E-state index in [9.17, 15) is 25.0 Å². The molecule has 1 rings (SSSR count). The number of halogens is 1. The lowest BCUT2D eigenvalue weighted by Gasteiger charge is -2.14. The Morgan fingerprint density at radius 1 is 1.20 bits per heavy atom. The summed E-state index contributed by atoms with van der Waals surface area (Å²) in [4.78, 5) is 40.2. The fourth-order valence-electron chi connectivity index (χ4n) is 1.75. The Hall–Kier alpha value is -2.04. The molecule has 0 amide bonds. The summed E-state index contributed by atoms with van der Waals surface area (Å²) in [7, 11) is 0. The summed E-state index contributed by atoms with van der Waals surface area (Å²) in [5.41, 5.74) is -0.916. The van der Waals surface area contributed by atoms with Crippen LogP contribution in [0.5, 0.6) is 0 Å². The maximum Gasteiger partial charge on any atom is 0.510 e. The quantitative estimate of drug-likeness (QED) is 0.304. The van der Waals surface area contributed by atoms with Crippen molar-refractivity contribution in [1.82, 2.24) is 0 Å². The third-order valence-electron chi connectivity index (χ3n) is 2.37. The molecule has 0 aromatic heterocycles. The summed E-state index contributed by atoms with van der Waals surface area (Å²) in [6.07, 6.45) is -4.63. The van der Waals surface area contributed by atoms with Crippen LogP contribution in [-0.2, 0) is 19.1 Å². The fraction of sp³-hybridized carbons (Fsp3) is 0.875. The number of ether oxygens (including phenoxy) is 2. The van der Waals surface area contributed by atoms with Gasteiger partial charge < -0.3 is 19.1 Å². The largest absolute Gasteiger partial charge is 0.510 e. The number of hydrogen-bond donors (Lipinski definition) is 0. The summed E-state index contributed by atoms with van der Waals surface area (Å²) in [6, 6.07) is 0. The van der Waals surface area contributed by atoms with Crippen LogP contribution >= 0.6 is 11.6 Å². The molecule has 1 aliphatic rings. The Balaban J connectivity index is 2.57. The van der Waals surface area contributed by atoms with Crippen LogP contribution in [0.2, 0.25) is 0 Å². The van der Waals surface area contributed by atoms with Crippen LogP contribution in [0.15, 0.2) is 0 Å². The van der Waals surface area contributed by atoms with Crippen molar-refractivity contribution < 1.29 is 34.1 Å². The van der Waals surface area contributed by atoms with Crippen molar-refractivity contribution in [3.8, 4) is 0 Å². The van der Waals surface area contributed by atoms with Gasteiger partial charge in [-0.3, -0.25) is 0 Å². The molecule has 0 spiro atoms. The Morgan fingerprint density at radius 3 is 2.00 bits per heavy atom. The third-order valence-corrected chi connectivity index (χ3v) is 2.46. The Labute approximate surface area is 116 Å². The molecule has 12 heteroatoms. The monoisotopic (exact) mass is 314 g/mol. The molecule has 1 aliphatic carbocycles. The van der Waals surface area contributed by atoms with Gasteiger partial charge >= 0.3 is 6.16 Å². The highest BCUT2D eigenvalue weighted by molar-refractivity contribution is 6.19. The molecule has 1 saturated carbocycles. The zero-order valence-corrected chi connectivity index (χ0v) is 10.9. The van der Waals surface area contributed by atoms with Crippen LogP contribution < -0.4 is 0 Å². The van der Waals surface area contributed by atoms with Gasteiger partial charge in [0.05, 0.1) is 0 Å². The van der Waals surface area contributed by atoms with Crippen molar-refractivity contribution in [2.24, 2.45) is 0 Å². The summed E-state index contributed by atoms with van der Waals surface area (Å²) < 4.78 is 9.29. The second kappa shape index (κ2) is 6.93. The van der Waals surface area contributed by atoms with E-state index in [0.717, 1.165) is 0 Å². The molecule has 0 aromatic carbocycles. The minimum Gasteiger partial charge on any atom is -0.431 e. The van der Waals surface area contributed by atoms with E-state index in [1.807, 2.05) is 0 Å². The van der Waals surface area contributed by atoms with E-state index in [1.165, 1.54) is 6.92 Å². The maximum atomic E-state index is 11.2. The Morgan fingerprint density at radius 2 is 1.65 bits per heavy atom. The van der Waals surface area contributed by atoms with Crippen LogP contribution in [0.1, 0.15) is 19.8 Å². The molecule has 0 bridgehead atoms. The van der Waals surface area contributed by atoms with Crippen LogP contribution in [0.4, 0.5) is 4.79 Å². The number of carbonyl (C=O) groups is 1. The second-order valence-electron chi connectivity index (χ2n) is 3.86. The zero-order chi connectivity index (χ0) is 15.3. The predicted molar refractivity (Wildman–Crippen MR) is 59.6 cm³/mol. The van der Waals surface area contributed by atoms with Gasteiger partial charge in [0.25, 0.3) is 10.2 Å².